The van der Waals surface area contributed by atoms with E-state index in [2.05, 4.69) is 4.74 Å². The van der Waals surface area contributed by atoms with Crippen molar-refractivity contribution in [1.82, 2.24) is 4.90 Å². The second-order valence-electron chi connectivity index (χ2n) is 2.47. The molecule has 0 saturated carbocycles. The molecule has 1 saturated heterocycles. The van der Waals surface area contributed by atoms with E-state index in [-0.39, 0.29) is 12.0 Å². The minimum atomic E-state index is -0.329. The second kappa shape index (κ2) is 3.24. The predicted molar refractivity (Wildman–Crippen MR) is 37.4 cm³/mol. The molecule has 0 aromatic carbocycles. The van der Waals surface area contributed by atoms with Crippen LogP contribution >= 0.6 is 0 Å². The van der Waals surface area contributed by atoms with Gasteiger partial charge in [0.05, 0.1) is 7.11 Å². The lowest BCUT2D eigenvalue weighted by atomic mass is 10.2. The van der Waals surface area contributed by atoms with E-state index < -0.39 is 0 Å². The van der Waals surface area contributed by atoms with Crippen LogP contribution in [0.5, 0.6) is 0 Å². The number of methoxy groups -OCH3 is 1. The van der Waals surface area contributed by atoms with Crippen LogP contribution in [-0.4, -0.2) is 30.6 Å². The highest BCUT2D eigenvalue weighted by Gasteiger charge is 2.30. The summed E-state index contributed by atoms with van der Waals surface area (Å²) in [5.74, 6) is -0.302. The average molecular weight is 154 g/mol. The number of esters is 1. The zero-order valence-electron chi connectivity index (χ0n) is 6.41. The zero-order valence-corrected chi connectivity index (χ0v) is 6.41. The van der Waals surface area contributed by atoms with Crippen LogP contribution in [0.1, 0.15) is 12.8 Å². The highest BCUT2D eigenvalue weighted by Crippen LogP contribution is 2.16. The third-order valence-electron chi connectivity index (χ3n) is 1.85. The summed E-state index contributed by atoms with van der Waals surface area (Å²) in [6.45, 7) is 0.677. The first-order chi connectivity index (χ1) is 5.29. The Balaban J connectivity index is 2.58. The molecule has 11 heavy (non-hydrogen) atoms. The van der Waals surface area contributed by atoms with Crippen LogP contribution in [0.3, 0.4) is 0 Å². The van der Waals surface area contributed by atoms with Gasteiger partial charge < -0.3 is 4.74 Å². The van der Waals surface area contributed by atoms with Crippen molar-refractivity contribution >= 4 is 5.97 Å². The lowest BCUT2D eigenvalue weighted by Gasteiger charge is -2.14. The van der Waals surface area contributed by atoms with Crippen molar-refractivity contribution in [3.8, 4) is 6.19 Å². The topological polar surface area (TPSA) is 53.3 Å². The third kappa shape index (κ3) is 1.43. The molecule has 1 unspecified atom stereocenters. The number of ether oxygens (including phenoxy) is 1. The fourth-order valence-corrected chi connectivity index (χ4v) is 1.27. The van der Waals surface area contributed by atoms with Gasteiger partial charge in [-0.2, -0.15) is 5.26 Å². The van der Waals surface area contributed by atoms with Gasteiger partial charge in [0.2, 0.25) is 0 Å². The first kappa shape index (κ1) is 7.86. The zero-order chi connectivity index (χ0) is 8.27. The molecule has 0 aliphatic carbocycles. The summed E-state index contributed by atoms with van der Waals surface area (Å²) in [5, 5.41) is 8.55. The Hall–Kier alpha value is -1.24. The van der Waals surface area contributed by atoms with Crippen molar-refractivity contribution in [2.45, 2.75) is 18.9 Å². The number of nitrogens with zero attached hydrogens (tertiary/aromatic N) is 2. The summed E-state index contributed by atoms with van der Waals surface area (Å²) in [5.41, 5.74) is 0. The molecule has 0 N–H and O–H groups in total. The maximum absolute atomic E-state index is 11.0. The van der Waals surface area contributed by atoms with Crippen LogP contribution in [0.25, 0.3) is 0 Å². The smallest absolute Gasteiger partial charge is 0.329 e. The Bertz CT molecular complexity index is 197. The Labute approximate surface area is 65.4 Å². The van der Waals surface area contributed by atoms with Crippen LogP contribution in [0.2, 0.25) is 0 Å². The molecule has 4 nitrogen and oxygen atoms in total. The molecule has 1 rings (SSSR count). The van der Waals surface area contributed by atoms with Gasteiger partial charge in [0.25, 0.3) is 0 Å². The largest absolute Gasteiger partial charge is 0.467 e. The molecule has 1 atom stereocenters. The average Bonchev–Trinajstić information content (AvgIpc) is 2.50. The minimum Gasteiger partial charge on any atom is -0.467 e. The number of nitriles is 1. The van der Waals surface area contributed by atoms with Gasteiger partial charge in [-0.3, -0.25) is 4.90 Å². The lowest BCUT2D eigenvalue weighted by molar-refractivity contribution is -0.144. The van der Waals surface area contributed by atoms with Crippen LogP contribution in [0.4, 0.5) is 0 Å². The Morgan fingerprint density at radius 2 is 2.55 bits per heavy atom. The van der Waals surface area contributed by atoms with E-state index in [9.17, 15) is 4.79 Å². The van der Waals surface area contributed by atoms with Gasteiger partial charge in [-0.1, -0.05) is 0 Å². The molecule has 0 spiro atoms. The molecule has 0 aromatic heterocycles. The van der Waals surface area contributed by atoms with Gasteiger partial charge in [0.15, 0.2) is 6.19 Å². The minimum absolute atomic E-state index is 0.302. The number of hydrogen-bond donors (Lipinski definition) is 0. The van der Waals surface area contributed by atoms with Crippen molar-refractivity contribution in [3.05, 3.63) is 0 Å². The fourth-order valence-electron chi connectivity index (χ4n) is 1.27. The SMILES string of the molecule is COC(=O)C1CCCN1C#N. The molecule has 1 aliphatic rings. The number of hydrogen-bond acceptors (Lipinski definition) is 4. The fraction of sp³-hybridized carbons (Fsp3) is 0.714. The van der Waals surface area contributed by atoms with E-state index in [1.807, 2.05) is 6.19 Å². The van der Waals surface area contributed by atoms with Crippen molar-refractivity contribution in [1.29, 1.82) is 5.26 Å². The predicted octanol–water partition coefficient (Wildman–Crippen LogP) is 0.105. The standard InChI is InChI=1S/C7H10N2O2/c1-11-7(10)6-3-2-4-9(6)5-8/h6H,2-4H2,1H3. The Morgan fingerprint density at radius 3 is 3.09 bits per heavy atom. The second-order valence-corrected chi connectivity index (χ2v) is 2.47. The molecule has 1 heterocycles. The van der Waals surface area contributed by atoms with E-state index in [1.165, 1.54) is 12.0 Å². The van der Waals surface area contributed by atoms with Crippen molar-refractivity contribution < 1.29 is 9.53 Å². The summed E-state index contributed by atoms with van der Waals surface area (Å²) in [6, 6.07) is -0.329. The first-order valence-electron chi connectivity index (χ1n) is 3.54. The van der Waals surface area contributed by atoms with Crippen molar-refractivity contribution in [2.75, 3.05) is 13.7 Å². The molecule has 60 valence electrons. The van der Waals surface area contributed by atoms with Crippen LogP contribution in [0.15, 0.2) is 0 Å². The summed E-state index contributed by atoms with van der Waals surface area (Å²) in [4.78, 5) is 12.4. The number of rotatable bonds is 1. The van der Waals surface area contributed by atoms with Gasteiger partial charge in [-0.15, -0.1) is 0 Å². The van der Waals surface area contributed by atoms with Gasteiger partial charge in [-0.25, -0.2) is 4.79 Å². The van der Waals surface area contributed by atoms with E-state index >= 15 is 0 Å². The molecular formula is C7H10N2O2. The normalized spacial score (nSPS) is 22.9. The van der Waals surface area contributed by atoms with Crippen molar-refractivity contribution in [2.24, 2.45) is 0 Å². The summed E-state index contributed by atoms with van der Waals surface area (Å²) in [6.07, 6.45) is 3.59. The lowest BCUT2D eigenvalue weighted by Crippen LogP contribution is -2.33. The molecule has 0 bridgehead atoms. The summed E-state index contributed by atoms with van der Waals surface area (Å²) in [7, 11) is 1.34. The highest BCUT2D eigenvalue weighted by molar-refractivity contribution is 5.76. The Kier molecular flexibility index (Phi) is 2.32. The van der Waals surface area contributed by atoms with Gasteiger partial charge >= 0.3 is 5.97 Å². The van der Waals surface area contributed by atoms with Crippen molar-refractivity contribution in [3.63, 3.8) is 0 Å². The molecular weight excluding hydrogens is 144 g/mol. The number of likely N-dealkylation sites (tertiary alicyclic amines) is 1. The molecule has 0 amide bonds. The van der Waals surface area contributed by atoms with Crippen LogP contribution in [0, 0.1) is 11.5 Å². The van der Waals surface area contributed by atoms with E-state index in [0.29, 0.717) is 6.54 Å². The highest BCUT2D eigenvalue weighted by atomic mass is 16.5. The molecule has 0 radical (unpaired) electrons. The summed E-state index contributed by atoms with van der Waals surface area (Å²) >= 11 is 0. The number of carbonyl (C=O) groups is 1. The van der Waals surface area contributed by atoms with E-state index in [1.54, 1.807) is 0 Å². The molecule has 1 aliphatic heterocycles. The van der Waals surface area contributed by atoms with E-state index in [0.717, 1.165) is 12.8 Å². The van der Waals surface area contributed by atoms with Gasteiger partial charge in [0.1, 0.15) is 6.04 Å². The molecule has 4 heteroatoms. The van der Waals surface area contributed by atoms with Gasteiger partial charge in [-0.05, 0) is 12.8 Å². The molecule has 0 aromatic rings. The van der Waals surface area contributed by atoms with Gasteiger partial charge in [0, 0.05) is 6.54 Å². The molecule has 1 fully saturated rings. The maximum Gasteiger partial charge on any atom is 0.329 e. The van der Waals surface area contributed by atoms with Crippen LogP contribution < -0.4 is 0 Å². The quantitative estimate of drug-likeness (QED) is 0.397. The number of carbonyl (C=O) groups excluding carboxylic acids is 1. The first-order valence-corrected chi connectivity index (χ1v) is 3.54. The third-order valence-corrected chi connectivity index (χ3v) is 1.85. The Morgan fingerprint density at radius 1 is 1.82 bits per heavy atom. The summed E-state index contributed by atoms with van der Waals surface area (Å²) < 4.78 is 4.53. The van der Waals surface area contributed by atoms with Crippen LogP contribution in [-0.2, 0) is 9.53 Å². The monoisotopic (exact) mass is 154 g/mol. The maximum atomic E-state index is 11.0. The van der Waals surface area contributed by atoms with E-state index in [4.69, 9.17) is 5.26 Å².